The number of anilines is 1. The number of rotatable bonds is 5. The predicted octanol–water partition coefficient (Wildman–Crippen LogP) is 4.70. The van der Waals surface area contributed by atoms with Gasteiger partial charge in [0.25, 0.3) is 0 Å². The zero-order valence-electron chi connectivity index (χ0n) is 12.4. The van der Waals surface area contributed by atoms with Crippen molar-refractivity contribution in [2.75, 3.05) is 5.32 Å². The first kappa shape index (κ1) is 17.3. The maximum atomic E-state index is 12.1. The van der Waals surface area contributed by atoms with E-state index in [1.54, 1.807) is 49.4 Å². The van der Waals surface area contributed by atoms with Gasteiger partial charge in [0.05, 0.1) is 15.6 Å². The number of esters is 1. The molecule has 0 radical (unpaired) electrons. The summed E-state index contributed by atoms with van der Waals surface area (Å²) in [6.07, 6.45) is 0.367. The van der Waals surface area contributed by atoms with Gasteiger partial charge >= 0.3 is 5.97 Å². The van der Waals surface area contributed by atoms with Gasteiger partial charge in [-0.2, -0.15) is 0 Å². The van der Waals surface area contributed by atoms with Crippen LogP contribution in [0.1, 0.15) is 29.3 Å². The van der Waals surface area contributed by atoms with E-state index in [2.05, 4.69) is 5.32 Å². The third kappa shape index (κ3) is 4.98. The van der Waals surface area contributed by atoms with Gasteiger partial charge in [0, 0.05) is 12.1 Å². The Bertz CT molecular complexity index is 732. The van der Waals surface area contributed by atoms with Crippen molar-refractivity contribution in [3.63, 3.8) is 0 Å². The number of ether oxygens (including phenoxy) is 1. The van der Waals surface area contributed by atoms with Gasteiger partial charge in [-0.3, -0.25) is 4.79 Å². The van der Waals surface area contributed by atoms with Crippen LogP contribution in [0.25, 0.3) is 0 Å². The smallest absolute Gasteiger partial charge is 0.338 e. The number of carbonyl (C=O) groups is 2. The molecule has 4 nitrogen and oxygen atoms in total. The second-order valence-corrected chi connectivity index (χ2v) is 5.62. The van der Waals surface area contributed by atoms with Crippen LogP contribution in [0.5, 0.6) is 0 Å². The van der Waals surface area contributed by atoms with Crippen molar-refractivity contribution >= 4 is 40.8 Å². The Morgan fingerprint density at radius 2 is 1.87 bits per heavy atom. The number of benzene rings is 2. The largest absolute Gasteiger partial charge is 0.457 e. The molecule has 2 rings (SSSR count). The SMILES string of the molecule is CCC(=O)Nc1cccc(C(=O)OCc2ccc(Cl)c(Cl)c2)c1. The average Bonchev–Trinajstić information content (AvgIpc) is 2.55. The summed E-state index contributed by atoms with van der Waals surface area (Å²) in [5.74, 6) is -0.602. The van der Waals surface area contributed by atoms with Crippen LogP contribution in [0.2, 0.25) is 10.0 Å². The standard InChI is InChI=1S/C17H15Cl2NO3/c1-2-16(21)20-13-5-3-4-12(9-13)17(22)23-10-11-6-7-14(18)15(19)8-11/h3-9H,2,10H2,1H3,(H,20,21). The first-order valence-corrected chi connectivity index (χ1v) is 7.76. The van der Waals surface area contributed by atoms with Crippen LogP contribution in [0.4, 0.5) is 5.69 Å². The molecule has 0 aliphatic rings. The summed E-state index contributed by atoms with van der Waals surface area (Å²) < 4.78 is 5.24. The molecule has 0 aliphatic heterocycles. The van der Waals surface area contributed by atoms with Gasteiger partial charge in [-0.1, -0.05) is 42.3 Å². The minimum absolute atomic E-state index is 0.0846. The Hall–Kier alpha value is -2.04. The molecule has 0 aliphatic carbocycles. The van der Waals surface area contributed by atoms with Crippen molar-refractivity contribution in [1.29, 1.82) is 0 Å². The number of nitrogens with one attached hydrogen (secondary N) is 1. The molecule has 0 heterocycles. The molecular formula is C17H15Cl2NO3. The van der Waals surface area contributed by atoms with E-state index in [0.717, 1.165) is 5.56 Å². The lowest BCUT2D eigenvalue weighted by Gasteiger charge is -2.08. The third-order valence-electron chi connectivity index (χ3n) is 3.06. The van der Waals surface area contributed by atoms with Crippen molar-refractivity contribution in [2.45, 2.75) is 20.0 Å². The molecule has 0 saturated heterocycles. The van der Waals surface area contributed by atoms with Crippen LogP contribution < -0.4 is 5.32 Å². The fourth-order valence-electron chi connectivity index (χ4n) is 1.83. The van der Waals surface area contributed by atoms with E-state index in [0.29, 0.717) is 27.7 Å². The quantitative estimate of drug-likeness (QED) is 0.794. The lowest BCUT2D eigenvalue weighted by molar-refractivity contribution is -0.115. The Labute approximate surface area is 144 Å². The average molecular weight is 352 g/mol. The minimum Gasteiger partial charge on any atom is -0.457 e. The molecule has 1 amide bonds. The van der Waals surface area contributed by atoms with Gasteiger partial charge in [0.15, 0.2) is 0 Å². The fraction of sp³-hybridized carbons (Fsp3) is 0.176. The predicted molar refractivity (Wildman–Crippen MR) is 90.9 cm³/mol. The van der Waals surface area contributed by atoms with E-state index in [-0.39, 0.29) is 12.5 Å². The molecule has 0 saturated carbocycles. The van der Waals surface area contributed by atoms with Crippen molar-refractivity contribution < 1.29 is 14.3 Å². The molecule has 2 aromatic rings. The Morgan fingerprint density at radius 1 is 1.09 bits per heavy atom. The summed E-state index contributed by atoms with van der Waals surface area (Å²) in [5, 5.41) is 3.55. The van der Waals surface area contributed by atoms with Gasteiger partial charge in [0.1, 0.15) is 6.61 Å². The summed E-state index contributed by atoms with van der Waals surface area (Å²) in [6, 6.07) is 11.6. The van der Waals surface area contributed by atoms with Gasteiger partial charge in [-0.05, 0) is 35.9 Å². The molecule has 1 N–H and O–H groups in total. The van der Waals surface area contributed by atoms with Crippen molar-refractivity contribution in [2.24, 2.45) is 0 Å². The topological polar surface area (TPSA) is 55.4 Å². The van der Waals surface area contributed by atoms with Crippen LogP contribution in [0, 0.1) is 0 Å². The molecule has 0 bridgehead atoms. The molecule has 120 valence electrons. The molecule has 0 atom stereocenters. The lowest BCUT2D eigenvalue weighted by Crippen LogP contribution is -2.11. The van der Waals surface area contributed by atoms with Gasteiger partial charge in [-0.25, -0.2) is 4.79 Å². The van der Waals surface area contributed by atoms with E-state index in [1.165, 1.54) is 0 Å². The van der Waals surface area contributed by atoms with Crippen LogP contribution >= 0.6 is 23.2 Å². The molecule has 6 heteroatoms. The summed E-state index contributed by atoms with van der Waals surface area (Å²) in [5.41, 5.74) is 1.66. The zero-order valence-corrected chi connectivity index (χ0v) is 13.9. The number of amides is 1. The second kappa shape index (κ2) is 7.99. The summed E-state index contributed by atoms with van der Waals surface area (Å²) >= 11 is 11.8. The first-order valence-electron chi connectivity index (χ1n) is 7.00. The molecule has 0 fully saturated rings. The Morgan fingerprint density at radius 3 is 2.57 bits per heavy atom. The van der Waals surface area contributed by atoms with E-state index in [1.807, 2.05) is 0 Å². The maximum Gasteiger partial charge on any atom is 0.338 e. The molecule has 23 heavy (non-hydrogen) atoms. The van der Waals surface area contributed by atoms with Gasteiger partial charge < -0.3 is 10.1 Å². The molecule has 0 spiro atoms. The van der Waals surface area contributed by atoms with Crippen molar-refractivity contribution in [3.05, 3.63) is 63.6 Å². The monoisotopic (exact) mass is 351 g/mol. The van der Waals surface area contributed by atoms with Crippen molar-refractivity contribution in [1.82, 2.24) is 0 Å². The molecule has 0 unspecified atom stereocenters. The highest BCUT2D eigenvalue weighted by Gasteiger charge is 2.10. The van der Waals surface area contributed by atoms with Crippen LogP contribution in [-0.4, -0.2) is 11.9 Å². The Balaban J connectivity index is 2.01. The number of hydrogen-bond acceptors (Lipinski definition) is 3. The zero-order chi connectivity index (χ0) is 16.8. The van der Waals surface area contributed by atoms with E-state index >= 15 is 0 Å². The highest BCUT2D eigenvalue weighted by Crippen LogP contribution is 2.23. The normalized spacial score (nSPS) is 10.2. The summed E-state index contributed by atoms with van der Waals surface area (Å²) in [4.78, 5) is 23.5. The van der Waals surface area contributed by atoms with E-state index < -0.39 is 5.97 Å². The summed E-state index contributed by atoms with van der Waals surface area (Å²) in [7, 11) is 0. The Kier molecular flexibility index (Phi) is 6.02. The highest BCUT2D eigenvalue weighted by atomic mass is 35.5. The number of halogens is 2. The molecule has 0 aromatic heterocycles. The summed E-state index contributed by atoms with van der Waals surface area (Å²) in [6.45, 7) is 1.84. The van der Waals surface area contributed by atoms with E-state index in [9.17, 15) is 9.59 Å². The lowest BCUT2D eigenvalue weighted by atomic mass is 10.2. The number of hydrogen-bond donors (Lipinski definition) is 1. The van der Waals surface area contributed by atoms with Gasteiger partial charge in [0.2, 0.25) is 5.91 Å². The van der Waals surface area contributed by atoms with Crippen LogP contribution in [0.3, 0.4) is 0 Å². The highest BCUT2D eigenvalue weighted by molar-refractivity contribution is 6.42. The minimum atomic E-state index is -0.483. The van der Waals surface area contributed by atoms with Crippen LogP contribution in [-0.2, 0) is 16.1 Å². The first-order chi connectivity index (χ1) is 11.0. The molecular weight excluding hydrogens is 337 g/mol. The fourth-order valence-corrected chi connectivity index (χ4v) is 2.16. The maximum absolute atomic E-state index is 12.1. The third-order valence-corrected chi connectivity index (χ3v) is 3.80. The second-order valence-electron chi connectivity index (χ2n) is 4.81. The number of carbonyl (C=O) groups excluding carboxylic acids is 2. The van der Waals surface area contributed by atoms with Crippen LogP contribution in [0.15, 0.2) is 42.5 Å². The van der Waals surface area contributed by atoms with Crippen molar-refractivity contribution in [3.8, 4) is 0 Å². The van der Waals surface area contributed by atoms with E-state index in [4.69, 9.17) is 27.9 Å². The molecule has 2 aromatic carbocycles. The van der Waals surface area contributed by atoms with Gasteiger partial charge in [-0.15, -0.1) is 0 Å².